The van der Waals surface area contributed by atoms with E-state index in [9.17, 15) is 7.35 Å². The summed E-state index contributed by atoms with van der Waals surface area (Å²) < 4.78 is 22.3. The van der Waals surface area contributed by atoms with Crippen LogP contribution in [0.4, 0.5) is 0 Å². The van der Waals surface area contributed by atoms with Crippen LogP contribution in [0, 0.1) is 0 Å². The molecule has 0 rings (SSSR count). The van der Waals surface area contributed by atoms with Crippen molar-refractivity contribution in [3.8, 4) is 0 Å². The SMILES string of the molecule is N.[O]=[V](=[O])[O][Mo]. The van der Waals surface area contributed by atoms with Crippen LogP contribution in [-0.4, -0.2) is 0 Å². The normalized spacial score (nSPS) is 6.00. The quantitative estimate of drug-likeness (QED) is 0.613. The van der Waals surface area contributed by atoms with Crippen molar-refractivity contribution in [3.05, 3.63) is 0 Å². The second-order valence-electron chi connectivity index (χ2n) is 0.298. The molecule has 0 bridgehead atoms. The molecule has 0 atom stereocenters. The molecular weight excluding hydrogens is 209 g/mol. The second kappa shape index (κ2) is 5.79. The summed E-state index contributed by atoms with van der Waals surface area (Å²) in [5, 5.41) is 0. The van der Waals surface area contributed by atoms with Gasteiger partial charge in [-0.1, -0.05) is 0 Å². The molecule has 0 radical (unpaired) electrons. The summed E-state index contributed by atoms with van der Waals surface area (Å²) in [5.41, 5.74) is 0. The van der Waals surface area contributed by atoms with E-state index in [1.807, 2.05) is 0 Å². The summed E-state index contributed by atoms with van der Waals surface area (Å²) in [7, 11) is 0. The summed E-state index contributed by atoms with van der Waals surface area (Å²) in [6.45, 7) is 0. The fraction of sp³-hybridized carbons (Fsp3) is 0. The summed E-state index contributed by atoms with van der Waals surface area (Å²) in [4.78, 5) is 0. The Morgan fingerprint density at radius 2 is 1.67 bits per heavy atom. The van der Waals surface area contributed by atoms with E-state index in [1.165, 1.54) is 0 Å². The zero-order valence-electron chi connectivity index (χ0n) is 2.79. The van der Waals surface area contributed by atoms with Crippen molar-refractivity contribution in [3.63, 3.8) is 0 Å². The van der Waals surface area contributed by atoms with E-state index in [0.29, 0.717) is 0 Å². The van der Waals surface area contributed by atoms with Gasteiger partial charge in [0.05, 0.1) is 0 Å². The summed E-state index contributed by atoms with van der Waals surface area (Å²) >= 11 is -2.12. The molecular formula is H3MoNO3V. The number of rotatable bonds is 1. The van der Waals surface area contributed by atoms with Crippen molar-refractivity contribution < 1.29 is 45.3 Å². The van der Waals surface area contributed by atoms with Crippen molar-refractivity contribution >= 4 is 0 Å². The Labute approximate surface area is 51.6 Å². The standard InChI is InChI=1S/Mo.H3N.3O.V/h;1H3;;;;. The van der Waals surface area contributed by atoms with Gasteiger partial charge in [-0.25, -0.2) is 0 Å². The van der Waals surface area contributed by atoms with Gasteiger partial charge in [-0.3, -0.25) is 0 Å². The molecule has 0 unspecified atom stereocenters. The molecule has 0 aromatic rings. The van der Waals surface area contributed by atoms with E-state index in [4.69, 9.17) is 0 Å². The van der Waals surface area contributed by atoms with Gasteiger partial charge in [0, 0.05) is 0 Å². The van der Waals surface area contributed by atoms with Crippen LogP contribution in [0.1, 0.15) is 0 Å². The predicted octanol–water partition coefficient (Wildman–Crippen LogP) is -0.149. The summed E-state index contributed by atoms with van der Waals surface area (Å²) in [6.07, 6.45) is 0. The third-order valence-electron chi connectivity index (χ3n) is 0.0609. The number of hydrogen-bond acceptors (Lipinski definition) is 4. The van der Waals surface area contributed by atoms with Crippen LogP contribution in [0.2, 0.25) is 0 Å². The first-order valence-corrected chi connectivity index (χ1v) is 3.24. The van der Waals surface area contributed by atoms with Gasteiger partial charge < -0.3 is 6.15 Å². The summed E-state index contributed by atoms with van der Waals surface area (Å²) in [5.74, 6) is 0. The van der Waals surface area contributed by atoms with Crippen molar-refractivity contribution in [2.75, 3.05) is 0 Å². The molecule has 0 saturated heterocycles. The van der Waals surface area contributed by atoms with Crippen LogP contribution in [0.5, 0.6) is 0 Å². The van der Waals surface area contributed by atoms with Gasteiger partial charge in [-0.15, -0.1) is 0 Å². The van der Waals surface area contributed by atoms with Crippen LogP contribution in [0.3, 0.4) is 0 Å². The molecule has 37 valence electrons. The Bertz CT molecular complexity index is 68.9. The van der Waals surface area contributed by atoms with Crippen molar-refractivity contribution in [2.24, 2.45) is 0 Å². The Morgan fingerprint density at radius 1 is 1.50 bits per heavy atom. The van der Waals surface area contributed by atoms with Crippen LogP contribution in [-0.2, 0) is 45.3 Å². The zero-order chi connectivity index (χ0) is 4.28. The van der Waals surface area contributed by atoms with Gasteiger partial charge in [0.25, 0.3) is 0 Å². The third kappa shape index (κ3) is 8.84. The second-order valence-corrected chi connectivity index (χ2v) is 2.74. The maximum atomic E-state index is 9.27. The van der Waals surface area contributed by atoms with E-state index in [1.54, 1.807) is 0 Å². The minimum atomic E-state index is -3.20. The fourth-order valence-corrected chi connectivity index (χ4v) is 0. The van der Waals surface area contributed by atoms with Crippen LogP contribution >= 0.6 is 0 Å². The Morgan fingerprint density at radius 3 is 1.67 bits per heavy atom. The predicted molar refractivity (Wildman–Crippen MR) is 7.48 cm³/mol. The van der Waals surface area contributed by atoms with Crippen LogP contribution in [0.15, 0.2) is 0 Å². The Hall–Kier alpha value is 0.793. The van der Waals surface area contributed by atoms with E-state index >= 15 is 0 Å². The first kappa shape index (κ1) is 9.92. The molecule has 6 heavy (non-hydrogen) atoms. The molecule has 0 aliphatic carbocycles. The van der Waals surface area contributed by atoms with E-state index in [0.717, 1.165) is 20.2 Å². The van der Waals surface area contributed by atoms with Crippen molar-refractivity contribution in [2.45, 2.75) is 0 Å². The first-order valence-electron chi connectivity index (χ1n) is 0.714. The van der Waals surface area contributed by atoms with E-state index in [-0.39, 0.29) is 6.15 Å². The average Bonchev–Trinajstić information content (AvgIpc) is 1.38. The Kier molecular flexibility index (Phi) is 9.58. The molecule has 0 aromatic carbocycles. The number of hydrogen-bond donors (Lipinski definition) is 1. The molecule has 0 fully saturated rings. The third-order valence-corrected chi connectivity index (χ3v) is 1.48. The molecule has 4 nitrogen and oxygen atoms in total. The first-order chi connectivity index (χ1) is 2.27. The Balaban J connectivity index is 0. The fourth-order valence-electron chi connectivity index (χ4n) is 0. The van der Waals surface area contributed by atoms with Gasteiger partial charge in [0.2, 0.25) is 0 Å². The minimum absolute atomic E-state index is 0. The van der Waals surface area contributed by atoms with Crippen molar-refractivity contribution in [1.29, 1.82) is 0 Å². The average molecular weight is 212 g/mol. The molecule has 0 amide bonds. The molecule has 0 aliphatic rings. The topological polar surface area (TPSA) is 78.4 Å². The van der Waals surface area contributed by atoms with Crippen molar-refractivity contribution in [1.82, 2.24) is 6.15 Å². The van der Waals surface area contributed by atoms with Gasteiger partial charge in [-0.2, -0.15) is 0 Å². The van der Waals surface area contributed by atoms with Gasteiger partial charge in [0.15, 0.2) is 0 Å². The molecule has 3 N–H and O–H groups in total. The van der Waals surface area contributed by atoms with E-state index in [2.05, 4.69) is 2.32 Å². The monoisotopic (exact) mass is 214 g/mol. The summed E-state index contributed by atoms with van der Waals surface area (Å²) in [6, 6.07) is 0. The van der Waals surface area contributed by atoms with Gasteiger partial charge in [0.1, 0.15) is 0 Å². The molecule has 6 heteroatoms. The molecule has 0 aromatic heterocycles. The molecule has 0 saturated carbocycles. The molecule has 0 aliphatic heterocycles. The van der Waals surface area contributed by atoms with E-state index < -0.39 is 15.4 Å². The maximum absolute atomic E-state index is 9.27. The molecule has 0 heterocycles. The van der Waals surface area contributed by atoms with Crippen LogP contribution < -0.4 is 6.15 Å². The zero-order valence-corrected chi connectivity index (χ0v) is 6.19. The molecule has 0 spiro atoms. The van der Waals surface area contributed by atoms with Gasteiger partial charge in [-0.05, 0) is 0 Å². The van der Waals surface area contributed by atoms with Crippen LogP contribution in [0.25, 0.3) is 0 Å². The van der Waals surface area contributed by atoms with Gasteiger partial charge >= 0.3 is 45.3 Å².